The topological polar surface area (TPSA) is 60.1 Å². The second kappa shape index (κ2) is 4.78. The molecule has 0 atom stereocenters. The van der Waals surface area contributed by atoms with E-state index in [0.717, 1.165) is 28.0 Å². The van der Waals surface area contributed by atoms with Gasteiger partial charge in [0.2, 0.25) is 6.79 Å². The number of hydrogen-bond donors (Lipinski definition) is 0. The number of nitrogens with zero attached hydrogens (tertiary/aromatic N) is 3. The summed E-state index contributed by atoms with van der Waals surface area (Å²) in [6.07, 6.45) is 0. The number of benzene rings is 2. The molecule has 5 nitrogen and oxygen atoms in total. The summed E-state index contributed by atoms with van der Waals surface area (Å²) < 4.78 is 12.7. The van der Waals surface area contributed by atoms with Crippen molar-refractivity contribution in [2.24, 2.45) is 0 Å². The van der Waals surface area contributed by atoms with Gasteiger partial charge in [0.1, 0.15) is 12.4 Å². The van der Waals surface area contributed by atoms with Crippen LogP contribution in [0.5, 0.6) is 11.5 Å². The first-order valence-electron chi connectivity index (χ1n) is 7.00. The van der Waals surface area contributed by atoms with Crippen molar-refractivity contribution in [3.8, 4) is 29.0 Å². The van der Waals surface area contributed by atoms with Gasteiger partial charge in [0, 0.05) is 17.7 Å². The minimum Gasteiger partial charge on any atom is -0.454 e. The molecule has 0 aliphatic carbocycles. The molecule has 0 amide bonds. The molecular weight excluding hydrogens is 278 g/mol. The quantitative estimate of drug-likeness (QED) is 0.727. The van der Waals surface area contributed by atoms with E-state index in [1.54, 1.807) is 0 Å². The Bertz CT molecular complexity index is 922. The predicted molar refractivity (Wildman–Crippen MR) is 81.6 cm³/mol. The predicted octanol–water partition coefficient (Wildman–Crippen LogP) is 3.26. The molecule has 0 bridgehead atoms. The van der Waals surface area contributed by atoms with Gasteiger partial charge in [-0.25, -0.2) is 4.98 Å². The SMILES string of the molecule is Cc1cccc(-c2nc3cc4c(cc3n2CC#N)OCO4)c1. The third kappa shape index (κ3) is 1.89. The van der Waals surface area contributed by atoms with Crippen LogP contribution in [0.2, 0.25) is 0 Å². The van der Waals surface area contributed by atoms with E-state index >= 15 is 0 Å². The highest BCUT2D eigenvalue weighted by molar-refractivity contribution is 5.84. The van der Waals surface area contributed by atoms with Crippen LogP contribution in [0, 0.1) is 18.3 Å². The zero-order chi connectivity index (χ0) is 15.1. The van der Waals surface area contributed by atoms with Gasteiger partial charge in [-0.2, -0.15) is 5.26 Å². The number of ether oxygens (including phenoxy) is 2. The molecule has 0 saturated carbocycles. The molecule has 2 aromatic carbocycles. The molecule has 3 aromatic rings. The average molecular weight is 291 g/mol. The number of rotatable bonds is 2. The fraction of sp³-hybridized carbons (Fsp3) is 0.176. The Morgan fingerprint density at radius 2 is 2.05 bits per heavy atom. The Labute approximate surface area is 127 Å². The van der Waals surface area contributed by atoms with Crippen molar-refractivity contribution in [2.75, 3.05) is 6.79 Å². The van der Waals surface area contributed by atoms with Gasteiger partial charge in [0.05, 0.1) is 17.1 Å². The van der Waals surface area contributed by atoms with Gasteiger partial charge < -0.3 is 14.0 Å². The molecule has 0 saturated heterocycles. The molecule has 0 unspecified atom stereocenters. The van der Waals surface area contributed by atoms with Crippen LogP contribution in [0.25, 0.3) is 22.4 Å². The minimum absolute atomic E-state index is 0.227. The Morgan fingerprint density at radius 3 is 2.82 bits per heavy atom. The first-order chi connectivity index (χ1) is 10.8. The molecule has 0 radical (unpaired) electrons. The molecule has 0 spiro atoms. The van der Waals surface area contributed by atoms with Gasteiger partial charge in [-0.3, -0.25) is 0 Å². The van der Waals surface area contributed by atoms with E-state index in [0.29, 0.717) is 11.5 Å². The maximum atomic E-state index is 9.16. The lowest BCUT2D eigenvalue weighted by atomic mass is 10.1. The first-order valence-corrected chi connectivity index (χ1v) is 7.00. The van der Waals surface area contributed by atoms with Gasteiger partial charge >= 0.3 is 0 Å². The Morgan fingerprint density at radius 1 is 1.23 bits per heavy atom. The summed E-state index contributed by atoms with van der Waals surface area (Å²) in [4.78, 5) is 4.70. The molecular formula is C17H13N3O2. The van der Waals surface area contributed by atoms with Gasteiger partial charge in [0.15, 0.2) is 11.5 Å². The zero-order valence-corrected chi connectivity index (χ0v) is 12.0. The number of imidazole rings is 1. The van der Waals surface area contributed by atoms with Crippen molar-refractivity contribution in [3.05, 3.63) is 42.0 Å². The molecule has 1 aliphatic rings. The summed E-state index contributed by atoms with van der Waals surface area (Å²) in [6, 6.07) is 14.1. The number of aromatic nitrogens is 2. The van der Waals surface area contributed by atoms with E-state index in [9.17, 15) is 0 Å². The van der Waals surface area contributed by atoms with E-state index in [1.165, 1.54) is 0 Å². The number of aryl methyl sites for hydroxylation is 1. The molecule has 1 aromatic heterocycles. The molecule has 0 fully saturated rings. The van der Waals surface area contributed by atoms with Crippen LogP contribution in [-0.2, 0) is 6.54 Å². The highest BCUT2D eigenvalue weighted by Crippen LogP contribution is 2.37. The maximum absolute atomic E-state index is 9.16. The van der Waals surface area contributed by atoms with E-state index in [1.807, 2.05) is 41.8 Å². The van der Waals surface area contributed by atoms with Crippen LogP contribution >= 0.6 is 0 Å². The largest absolute Gasteiger partial charge is 0.454 e. The van der Waals surface area contributed by atoms with E-state index in [2.05, 4.69) is 12.1 Å². The van der Waals surface area contributed by atoms with Gasteiger partial charge in [-0.15, -0.1) is 0 Å². The van der Waals surface area contributed by atoms with Crippen LogP contribution in [0.3, 0.4) is 0 Å². The van der Waals surface area contributed by atoms with Gasteiger partial charge in [-0.1, -0.05) is 23.8 Å². The highest BCUT2D eigenvalue weighted by Gasteiger charge is 2.19. The van der Waals surface area contributed by atoms with Crippen LogP contribution < -0.4 is 9.47 Å². The molecule has 22 heavy (non-hydrogen) atoms. The summed E-state index contributed by atoms with van der Waals surface area (Å²) in [5.41, 5.74) is 3.83. The van der Waals surface area contributed by atoms with E-state index in [-0.39, 0.29) is 13.3 Å². The van der Waals surface area contributed by atoms with Crippen molar-refractivity contribution in [1.29, 1.82) is 5.26 Å². The van der Waals surface area contributed by atoms with Crippen LogP contribution in [0.4, 0.5) is 0 Å². The second-order valence-electron chi connectivity index (χ2n) is 5.24. The molecule has 108 valence electrons. The average Bonchev–Trinajstić information content (AvgIpc) is 3.10. The standard InChI is InChI=1S/C17H13N3O2/c1-11-3-2-4-12(7-11)17-19-13-8-15-16(22-10-21-15)9-14(13)20(17)6-5-18/h2-4,7-9H,6,10H2,1H3. The fourth-order valence-corrected chi connectivity index (χ4v) is 2.75. The zero-order valence-electron chi connectivity index (χ0n) is 12.0. The fourth-order valence-electron chi connectivity index (χ4n) is 2.75. The molecule has 5 heteroatoms. The van der Waals surface area contributed by atoms with Gasteiger partial charge in [-0.05, 0) is 13.0 Å². The molecule has 1 aliphatic heterocycles. The van der Waals surface area contributed by atoms with Crippen molar-refractivity contribution in [3.63, 3.8) is 0 Å². The summed E-state index contributed by atoms with van der Waals surface area (Å²) in [5, 5.41) is 9.16. The Balaban J connectivity index is 1.98. The third-order valence-corrected chi connectivity index (χ3v) is 3.75. The van der Waals surface area contributed by atoms with Gasteiger partial charge in [0.25, 0.3) is 0 Å². The normalized spacial score (nSPS) is 12.5. The van der Waals surface area contributed by atoms with Crippen LogP contribution in [-0.4, -0.2) is 16.3 Å². The molecule has 4 rings (SSSR count). The third-order valence-electron chi connectivity index (χ3n) is 3.75. The molecule has 0 N–H and O–H groups in total. The van der Waals surface area contributed by atoms with Crippen molar-refractivity contribution < 1.29 is 9.47 Å². The van der Waals surface area contributed by atoms with Crippen LogP contribution in [0.15, 0.2) is 36.4 Å². The molecule has 2 heterocycles. The minimum atomic E-state index is 0.227. The van der Waals surface area contributed by atoms with E-state index in [4.69, 9.17) is 19.7 Å². The monoisotopic (exact) mass is 291 g/mol. The summed E-state index contributed by atoms with van der Waals surface area (Å²) >= 11 is 0. The van der Waals surface area contributed by atoms with Crippen LogP contribution in [0.1, 0.15) is 5.56 Å². The van der Waals surface area contributed by atoms with Crippen molar-refractivity contribution >= 4 is 11.0 Å². The lowest BCUT2D eigenvalue weighted by molar-refractivity contribution is 0.174. The lowest BCUT2D eigenvalue weighted by Crippen LogP contribution is -1.99. The lowest BCUT2D eigenvalue weighted by Gasteiger charge is -2.06. The van der Waals surface area contributed by atoms with Crippen molar-refractivity contribution in [2.45, 2.75) is 13.5 Å². The smallest absolute Gasteiger partial charge is 0.231 e. The number of nitriles is 1. The number of fused-ring (bicyclic) bond motifs is 2. The first kappa shape index (κ1) is 12.7. The summed E-state index contributed by atoms with van der Waals surface area (Å²) in [6.45, 7) is 2.50. The Kier molecular flexibility index (Phi) is 2.76. The summed E-state index contributed by atoms with van der Waals surface area (Å²) in [7, 11) is 0. The second-order valence-corrected chi connectivity index (χ2v) is 5.24. The van der Waals surface area contributed by atoms with Crippen molar-refractivity contribution in [1.82, 2.24) is 9.55 Å². The van der Waals surface area contributed by atoms with E-state index < -0.39 is 0 Å². The number of hydrogen-bond acceptors (Lipinski definition) is 4. The summed E-state index contributed by atoms with van der Waals surface area (Å²) in [5.74, 6) is 2.18. The maximum Gasteiger partial charge on any atom is 0.231 e. The Hall–Kier alpha value is -3.00. The highest BCUT2D eigenvalue weighted by atomic mass is 16.7.